The molecule has 1 aromatic carbocycles. The van der Waals surface area contributed by atoms with Crippen LogP contribution in [-0.4, -0.2) is 87.5 Å². The third kappa shape index (κ3) is 3.52. The van der Waals surface area contributed by atoms with Crippen LogP contribution in [0.1, 0.15) is 27.9 Å². The van der Waals surface area contributed by atoms with Crippen LogP contribution in [0.25, 0.3) is 0 Å². The van der Waals surface area contributed by atoms with Crippen LogP contribution < -0.4 is 5.73 Å². The lowest BCUT2D eigenvalue weighted by Gasteiger charge is -2.50. The summed E-state index contributed by atoms with van der Waals surface area (Å²) in [6.45, 7) is 0.348. The molecule has 4 atom stereocenters. The van der Waals surface area contributed by atoms with Gasteiger partial charge < -0.3 is 31.1 Å². The molecule has 10 nitrogen and oxygen atoms in total. The topological polar surface area (TPSA) is 165 Å². The molecular weight excluding hydrogens is 522 g/mol. The molecule has 6 N–H and O–H groups in total. The summed E-state index contributed by atoms with van der Waals surface area (Å²) < 4.78 is 0.623. The number of carbonyl (C=O) groups is 3. The number of fused-ring (bicyclic) bond motifs is 3. The summed E-state index contributed by atoms with van der Waals surface area (Å²) in [5.41, 5.74) is 2.75. The normalized spacial score (nSPS) is 28.4. The first-order chi connectivity index (χ1) is 16.2. The first-order valence-electron chi connectivity index (χ1n) is 11.1. The maximum Gasteiger partial charge on any atom is 0.255 e. The number of hydrogen-bond acceptors (Lipinski definition) is 9. The highest BCUT2D eigenvalue weighted by atomic mass is 79.9. The second kappa shape index (κ2) is 8.44. The summed E-state index contributed by atoms with van der Waals surface area (Å²) in [7, 11) is 6.80. The van der Waals surface area contributed by atoms with Crippen LogP contribution in [-0.2, 0) is 22.6 Å². The van der Waals surface area contributed by atoms with E-state index in [1.54, 1.807) is 20.2 Å². The highest BCUT2D eigenvalue weighted by molar-refractivity contribution is 9.10. The highest BCUT2D eigenvalue weighted by Crippen LogP contribution is 2.53. The van der Waals surface area contributed by atoms with Crippen molar-refractivity contribution in [3.63, 3.8) is 0 Å². The minimum absolute atomic E-state index is 0.00277. The number of rotatable bonds is 4. The van der Waals surface area contributed by atoms with Crippen LogP contribution in [0.5, 0.6) is 5.75 Å². The lowest BCUT2D eigenvalue weighted by molar-refractivity contribution is -0.148. The van der Waals surface area contributed by atoms with Crippen LogP contribution in [0.4, 0.5) is 0 Å². The molecule has 0 heterocycles. The minimum atomic E-state index is -2.64. The Morgan fingerprint density at radius 2 is 1.83 bits per heavy atom. The molecule has 0 aromatic heterocycles. The second-order valence-electron chi connectivity index (χ2n) is 9.92. The molecule has 0 fully saturated rings. The van der Waals surface area contributed by atoms with Gasteiger partial charge in [-0.2, -0.15) is 0 Å². The maximum atomic E-state index is 13.7. The molecular formula is C24H28BrN3O7. The molecule has 3 aliphatic carbocycles. The predicted molar refractivity (Wildman–Crippen MR) is 129 cm³/mol. The molecule has 0 unspecified atom stereocenters. The molecule has 0 aliphatic heterocycles. The van der Waals surface area contributed by atoms with Gasteiger partial charge in [-0.05, 0) is 58.6 Å². The number of primary amides is 1. The van der Waals surface area contributed by atoms with Crippen molar-refractivity contribution in [2.24, 2.45) is 17.6 Å². The van der Waals surface area contributed by atoms with Gasteiger partial charge in [0.2, 0.25) is 5.78 Å². The number of benzene rings is 1. The van der Waals surface area contributed by atoms with Gasteiger partial charge in [0.05, 0.1) is 11.6 Å². The highest BCUT2D eigenvalue weighted by Gasteiger charge is 2.63. The first-order valence-corrected chi connectivity index (χ1v) is 11.8. The molecule has 0 saturated heterocycles. The lowest BCUT2D eigenvalue weighted by Crippen LogP contribution is -2.63. The lowest BCUT2D eigenvalue weighted by atomic mass is 9.58. The second-order valence-corrected chi connectivity index (χ2v) is 10.8. The van der Waals surface area contributed by atoms with Crippen LogP contribution in [0, 0.1) is 11.8 Å². The summed E-state index contributed by atoms with van der Waals surface area (Å²) in [5, 5.41) is 44.6. The Kier molecular flexibility index (Phi) is 6.12. The average molecular weight is 550 g/mol. The number of allylic oxidation sites excluding steroid dienone is 1. The zero-order valence-electron chi connectivity index (χ0n) is 19.8. The number of carbonyl (C=O) groups excluding carboxylic acids is 3. The number of likely N-dealkylation sites (N-methyl/N-ethyl adjacent to an activating group) is 1. The quantitative estimate of drug-likeness (QED) is 0.343. The number of halogens is 1. The smallest absolute Gasteiger partial charge is 0.255 e. The van der Waals surface area contributed by atoms with Crippen molar-refractivity contribution in [1.29, 1.82) is 0 Å². The van der Waals surface area contributed by atoms with Crippen molar-refractivity contribution < 1.29 is 34.8 Å². The molecule has 11 heteroatoms. The number of Topliss-reactive ketones (excluding diaryl/α,β-unsaturated/α-hetero) is 2. The maximum absolute atomic E-state index is 13.7. The van der Waals surface area contributed by atoms with E-state index in [0.717, 1.165) is 0 Å². The Balaban J connectivity index is 1.95. The van der Waals surface area contributed by atoms with Gasteiger partial charge in [-0.1, -0.05) is 15.9 Å². The number of aliphatic hydroxyl groups is 3. The number of amides is 1. The van der Waals surface area contributed by atoms with Crippen molar-refractivity contribution in [3.05, 3.63) is 49.9 Å². The first kappa shape index (κ1) is 25.4. The number of aliphatic hydroxyl groups excluding tert-OH is 2. The fourth-order valence-corrected chi connectivity index (χ4v) is 6.42. The molecule has 1 aromatic rings. The Bertz CT molecular complexity index is 1240. The van der Waals surface area contributed by atoms with Crippen molar-refractivity contribution >= 4 is 33.4 Å². The Morgan fingerprint density at radius 1 is 1.20 bits per heavy atom. The van der Waals surface area contributed by atoms with E-state index in [-0.39, 0.29) is 29.7 Å². The summed E-state index contributed by atoms with van der Waals surface area (Å²) in [6.07, 6.45) is 0.295. The van der Waals surface area contributed by atoms with Gasteiger partial charge >= 0.3 is 0 Å². The molecule has 0 spiro atoms. The molecule has 3 aliphatic rings. The number of nitrogens with two attached hydrogens (primary N) is 1. The monoisotopic (exact) mass is 549 g/mol. The molecule has 0 radical (unpaired) electrons. The van der Waals surface area contributed by atoms with Gasteiger partial charge in [0.1, 0.15) is 22.8 Å². The molecule has 4 rings (SSSR count). The predicted octanol–water partition coefficient (Wildman–Crippen LogP) is 0.945. The van der Waals surface area contributed by atoms with Crippen LogP contribution in [0.3, 0.4) is 0 Å². The van der Waals surface area contributed by atoms with Crippen molar-refractivity contribution in [1.82, 2.24) is 9.80 Å². The van der Waals surface area contributed by atoms with Gasteiger partial charge in [0.25, 0.3) is 5.91 Å². The van der Waals surface area contributed by atoms with Crippen LogP contribution in [0.2, 0.25) is 0 Å². The zero-order chi connectivity index (χ0) is 26.1. The number of ketones is 2. The third-order valence-corrected chi connectivity index (χ3v) is 7.94. The van der Waals surface area contributed by atoms with E-state index in [2.05, 4.69) is 15.9 Å². The summed E-state index contributed by atoms with van der Waals surface area (Å²) >= 11 is 3.50. The van der Waals surface area contributed by atoms with E-state index in [1.165, 1.54) is 4.90 Å². The van der Waals surface area contributed by atoms with Gasteiger partial charge in [-0.15, -0.1) is 0 Å². The van der Waals surface area contributed by atoms with E-state index >= 15 is 0 Å². The number of nitrogens with zero attached hydrogens (tertiary/aromatic N) is 2. The van der Waals surface area contributed by atoms with Crippen LogP contribution in [0.15, 0.2) is 33.2 Å². The largest absolute Gasteiger partial charge is 0.510 e. The Morgan fingerprint density at radius 3 is 2.37 bits per heavy atom. The van der Waals surface area contributed by atoms with Gasteiger partial charge in [-0.3, -0.25) is 19.3 Å². The van der Waals surface area contributed by atoms with Gasteiger partial charge in [0, 0.05) is 28.1 Å². The SMILES string of the molecule is CN(C)Cc1cc(Br)c2c(c1O)C(=O)C1=C(O)[C@]3(O)C(=O)C(C(N)=O)=C(O)[C@@H](N(C)C)[C@@H]3C[C@@H]1C2. The number of phenolic OH excluding ortho intramolecular Hbond substituents is 1. The van der Waals surface area contributed by atoms with E-state index in [4.69, 9.17) is 5.73 Å². The van der Waals surface area contributed by atoms with E-state index in [1.807, 2.05) is 19.0 Å². The Hall–Kier alpha value is -2.73. The Labute approximate surface area is 210 Å². The number of aromatic hydroxyl groups is 1. The fraction of sp³-hybridized carbons (Fsp3) is 0.458. The molecule has 1 amide bonds. The summed E-state index contributed by atoms with van der Waals surface area (Å²) in [6, 6.07) is 0.732. The van der Waals surface area contributed by atoms with Crippen molar-refractivity contribution in [3.8, 4) is 5.75 Å². The molecule has 0 saturated carbocycles. The average Bonchev–Trinajstić information content (AvgIpc) is 2.73. The third-order valence-electron chi connectivity index (χ3n) is 7.23. The molecule has 0 bridgehead atoms. The fourth-order valence-electron chi connectivity index (χ4n) is 5.79. The molecule has 35 heavy (non-hydrogen) atoms. The summed E-state index contributed by atoms with van der Waals surface area (Å²) in [4.78, 5) is 42.3. The van der Waals surface area contributed by atoms with Crippen molar-refractivity contribution in [2.45, 2.75) is 31.0 Å². The van der Waals surface area contributed by atoms with E-state index in [0.29, 0.717) is 22.1 Å². The van der Waals surface area contributed by atoms with Gasteiger partial charge in [-0.25, -0.2) is 0 Å². The van der Waals surface area contributed by atoms with Crippen molar-refractivity contribution in [2.75, 3.05) is 28.2 Å². The zero-order valence-corrected chi connectivity index (χ0v) is 21.4. The van der Waals surface area contributed by atoms with E-state index in [9.17, 15) is 34.8 Å². The van der Waals surface area contributed by atoms with Crippen LogP contribution >= 0.6 is 15.9 Å². The molecule has 188 valence electrons. The number of hydrogen-bond donors (Lipinski definition) is 5. The standard InChI is InChI=1S/C24H28BrN3O7/c1-27(2)8-10-7-13(25)11-5-9-6-12-17(28(3)4)20(31)16(23(26)34)22(33)24(12,35)21(32)14(9)19(30)15(11)18(10)29/h7,9,12,17,29,31-32,35H,5-6,8H2,1-4H3,(H2,26,34)/t9-,12-,17-,24-/m0/s1. The van der Waals surface area contributed by atoms with Gasteiger partial charge in [0.15, 0.2) is 11.4 Å². The summed E-state index contributed by atoms with van der Waals surface area (Å²) in [5.74, 6) is -6.54. The number of phenols is 1. The van der Waals surface area contributed by atoms with E-state index < -0.39 is 58.0 Å². The minimum Gasteiger partial charge on any atom is -0.510 e.